The van der Waals surface area contributed by atoms with Crippen molar-refractivity contribution in [2.24, 2.45) is 0 Å². The zero-order chi connectivity index (χ0) is 13.0. The first-order chi connectivity index (χ1) is 8.67. The van der Waals surface area contributed by atoms with Gasteiger partial charge in [0.25, 0.3) is 0 Å². The van der Waals surface area contributed by atoms with E-state index in [2.05, 4.69) is 20.2 Å². The molecule has 0 aliphatic carbocycles. The quantitative estimate of drug-likeness (QED) is 0.875. The van der Waals surface area contributed by atoms with Crippen molar-refractivity contribution < 1.29 is 4.42 Å². The maximum atomic E-state index is 5.54. The van der Waals surface area contributed by atoms with E-state index in [4.69, 9.17) is 4.42 Å². The lowest BCUT2D eigenvalue weighted by atomic mass is 10.3. The van der Waals surface area contributed by atoms with E-state index in [1.54, 1.807) is 12.4 Å². The predicted molar refractivity (Wildman–Crippen MR) is 70.2 cm³/mol. The molecule has 5 heteroatoms. The third-order valence-corrected chi connectivity index (χ3v) is 2.62. The molecule has 0 atom stereocenters. The number of anilines is 1. The molecule has 0 saturated carbocycles. The summed E-state index contributed by atoms with van der Waals surface area (Å²) in [4.78, 5) is 10.7. The summed E-state index contributed by atoms with van der Waals surface area (Å²) in [7, 11) is 3.86. The fourth-order valence-corrected chi connectivity index (χ4v) is 1.73. The van der Waals surface area contributed by atoms with E-state index >= 15 is 0 Å². The Morgan fingerprint density at radius 3 is 2.61 bits per heavy atom. The second-order valence-corrected chi connectivity index (χ2v) is 4.33. The second-order valence-electron chi connectivity index (χ2n) is 4.33. The molecule has 2 rings (SSSR count). The van der Waals surface area contributed by atoms with Crippen LogP contribution < -0.4 is 5.32 Å². The standard InChI is InChI=1S/C13H18N4O/c1-10-4-5-12(18-10)9-17(3)8-11-6-16-13(14-2)7-15-11/h4-7H,8-9H2,1-3H3,(H,14,16). The number of hydrogen-bond acceptors (Lipinski definition) is 5. The Hall–Kier alpha value is -1.88. The van der Waals surface area contributed by atoms with Gasteiger partial charge in [0.2, 0.25) is 0 Å². The highest BCUT2D eigenvalue weighted by Crippen LogP contribution is 2.10. The second kappa shape index (κ2) is 5.64. The molecule has 96 valence electrons. The molecular formula is C13H18N4O. The first kappa shape index (κ1) is 12.6. The van der Waals surface area contributed by atoms with Gasteiger partial charge in [-0.25, -0.2) is 4.98 Å². The molecule has 5 nitrogen and oxygen atoms in total. The first-order valence-corrected chi connectivity index (χ1v) is 5.90. The van der Waals surface area contributed by atoms with Crippen LogP contribution in [0.3, 0.4) is 0 Å². The number of aryl methyl sites for hydroxylation is 1. The van der Waals surface area contributed by atoms with Crippen LogP contribution in [0.25, 0.3) is 0 Å². The molecule has 0 aliphatic heterocycles. The summed E-state index contributed by atoms with van der Waals surface area (Å²) >= 11 is 0. The first-order valence-electron chi connectivity index (χ1n) is 5.90. The maximum absolute atomic E-state index is 5.54. The number of aromatic nitrogens is 2. The van der Waals surface area contributed by atoms with Gasteiger partial charge in [-0.15, -0.1) is 0 Å². The molecule has 0 spiro atoms. The Balaban J connectivity index is 1.91. The van der Waals surface area contributed by atoms with Crippen molar-refractivity contribution in [3.05, 3.63) is 41.7 Å². The lowest BCUT2D eigenvalue weighted by Gasteiger charge is -2.14. The average molecular weight is 246 g/mol. The Kier molecular flexibility index (Phi) is 3.94. The highest BCUT2D eigenvalue weighted by Gasteiger charge is 2.06. The van der Waals surface area contributed by atoms with E-state index < -0.39 is 0 Å². The van der Waals surface area contributed by atoms with Gasteiger partial charge >= 0.3 is 0 Å². The van der Waals surface area contributed by atoms with Crippen molar-refractivity contribution in [1.29, 1.82) is 0 Å². The molecule has 0 fully saturated rings. The van der Waals surface area contributed by atoms with Crippen molar-refractivity contribution in [2.75, 3.05) is 19.4 Å². The highest BCUT2D eigenvalue weighted by atomic mass is 16.3. The van der Waals surface area contributed by atoms with Gasteiger partial charge in [0.1, 0.15) is 17.3 Å². The number of nitrogens with one attached hydrogen (secondary N) is 1. The number of nitrogens with zero attached hydrogens (tertiary/aromatic N) is 3. The van der Waals surface area contributed by atoms with Crippen molar-refractivity contribution in [3.63, 3.8) is 0 Å². The number of rotatable bonds is 5. The van der Waals surface area contributed by atoms with Crippen molar-refractivity contribution in [1.82, 2.24) is 14.9 Å². The summed E-state index contributed by atoms with van der Waals surface area (Å²) in [6.07, 6.45) is 3.52. The van der Waals surface area contributed by atoms with Crippen LogP contribution in [-0.4, -0.2) is 29.0 Å². The van der Waals surface area contributed by atoms with Gasteiger partial charge in [-0.1, -0.05) is 0 Å². The third-order valence-electron chi connectivity index (χ3n) is 2.62. The molecule has 0 aromatic carbocycles. The van der Waals surface area contributed by atoms with Gasteiger partial charge in [-0.05, 0) is 26.1 Å². The van der Waals surface area contributed by atoms with Crippen LogP contribution in [0.5, 0.6) is 0 Å². The molecule has 18 heavy (non-hydrogen) atoms. The minimum Gasteiger partial charge on any atom is -0.465 e. The van der Waals surface area contributed by atoms with E-state index in [0.29, 0.717) is 0 Å². The smallest absolute Gasteiger partial charge is 0.144 e. The normalized spacial score (nSPS) is 10.9. The van der Waals surface area contributed by atoms with Crippen molar-refractivity contribution in [3.8, 4) is 0 Å². The molecule has 0 aliphatic rings. The minimum atomic E-state index is 0.747. The molecule has 2 aromatic rings. The molecule has 0 amide bonds. The van der Waals surface area contributed by atoms with Crippen LogP contribution in [0.4, 0.5) is 5.82 Å². The highest BCUT2D eigenvalue weighted by molar-refractivity contribution is 5.29. The van der Waals surface area contributed by atoms with E-state index in [0.717, 1.165) is 36.1 Å². The van der Waals surface area contributed by atoms with Crippen LogP contribution in [0.1, 0.15) is 17.2 Å². The summed E-state index contributed by atoms with van der Waals surface area (Å²) in [6, 6.07) is 3.98. The maximum Gasteiger partial charge on any atom is 0.144 e. The molecule has 2 heterocycles. The van der Waals surface area contributed by atoms with E-state index in [-0.39, 0.29) is 0 Å². The van der Waals surface area contributed by atoms with Gasteiger partial charge in [-0.2, -0.15) is 0 Å². The van der Waals surface area contributed by atoms with Gasteiger partial charge in [0, 0.05) is 13.6 Å². The van der Waals surface area contributed by atoms with Crippen LogP contribution in [0.15, 0.2) is 28.9 Å². The summed E-state index contributed by atoms with van der Waals surface area (Å²) in [6.45, 7) is 3.46. The Morgan fingerprint density at radius 1 is 1.22 bits per heavy atom. The van der Waals surface area contributed by atoms with Crippen LogP contribution in [-0.2, 0) is 13.1 Å². The average Bonchev–Trinajstić information content (AvgIpc) is 2.75. The van der Waals surface area contributed by atoms with Crippen molar-refractivity contribution >= 4 is 5.82 Å². The van der Waals surface area contributed by atoms with Gasteiger partial charge in [0.15, 0.2) is 0 Å². The Bertz CT molecular complexity index is 492. The lowest BCUT2D eigenvalue weighted by Crippen LogP contribution is -2.17. The number of hydrogen-bond donors (Lipinski definition) is 1. The summed E-state index contributed by atoms with van der Waals surface area (Å²) in [5.74, 6) is 2.69. The summed E-state index contributed by atoms with van der Waals surface area (Å²) in [5, 5.41) is 2.95. The van der Waals surface area contributed by atoms with E-state index in [1.807, 2.05) is 33.2 Å². The fourth-order valence-electron chi connectivity index (χ4n) is 1.73. The molecule has 0 radical (unpaired) electrons. The fraction of sp³-hybridized carbons (Fsp3) is 0.385. The third kappa shape index (κ3) is 3.30. The van der Waals surface area contributed by atoms with E-state index in [9.17, 15) is 0 Å². The largest absolute Gasteiger partial charge is 0.465 e. The Morgan fingerprint density at radius 2 is 2.06 bits per heavy atom. The zero-order valence-corrected chi connectivity index (χ0v) is 11.0. The molecular weight excluding hydrogens is 228 g/mol. The van der Waals surface area contributed by atoms with Crippen LogP contribution in [0, 0.1) is 6.92 Å². The topological polar surface area (TPSA) is 54.2 Å². The summed E-state index contributed by atoms with van der Waals surface area (Å²) < 4.78 is 5.54. The lowest BCUT2D eigenvalue weighted by molar-refractivity contribution is 0.282. The van der Waals surface area contributed by atoms with Crippen LogP contribution in [0.2, 0.25) is 0 Å². The van der Waals surface area contributed by atoms with Crippen LogP contribution >= 0.6 is 0 Å². The molecule has 2 aromatic heterocycles. The predicted octanol–water partition coefficient (Wildman–Crippen LogP) is 2.05. The van der Waals surface area contributed by atoms with Gasteiger partial charge in [0.05, 0.1) is 24.6 Å². The molecule has 0 bridgehead atoms. The van der Waals surface area contributed by atoms with Gasteiger partial charge in [-0.3, -0.25) is 9.88 Å². The summed E-state index contributed by atoms with van der Waals surface area (Å²) in [5.41, 5.74) is 0.944. The molecule has 0 saturated heterocycles. The zero-order valence-electron chi connectivity index (χ0n) is 11.0. The molecule has 0 unspecified atom stereocenters. The van der Waals surface area contributed by atoms with E-state index in [1.165, 1.54) is 0 Å². The van der Waals surface area contributed by atoms with Crippen molar-refractivity contribution in [2.45, 2.75) is 20.0 Å². The monoisotopic (exact) mass is 246 g/mol. The SMILES string of the molecule is CNc1cnc(CN(C)Cc2ccc(C)o2)cn1. The Labute approximate surface area is 107 Å². The van der Waals surface area contributed by atoms with Gasteiger partial charge < -0.3 is 9.73 Å². The molecule has 1 N–H and O–H groups in total. The minimum absolute atomic E-state index is 0.747. The number of furan rings is 1.